The summed E-state index contributed by atoms with van der Waals surface area (Å²) < 4.78 is 0. The molecule has 2 atom stereocenters. The van der Waals surface area contributed by atoms with Crippen LogP contribution in [-0.2, 0) is 0 Å². The molecule has 1 heteroatoms. The van der Waals surface area contributed by atoms with Crippen LogP contribution < -0.4 is 0 Å². The van der Waals surface area contributed by atoms with Gasteiger partial charge < -0.3 is 5.11 Å². The molecule has 1 rings (SSSR count). The molecule has 66 valence electrons. The van der Waals surface area contributed by atoms with Crippen LogP contribution in [0.1, 0.15) is 52.4 Å². The quantitative estimate of drug-likeness (QED) is 0.620. The van der Waals surface area contributed by atoms with Crippen molar-refractivity contribution in [3.8, 4) is 0 Å². The fourth-order valence-corrected chi connectivity index (χ4v) is 1.82. The van der Waals surface area contributed by atoms with Crippen molar-refractivity contribution in [1.29, 1.82) is 0 Å². The van der Waals surface area contributed by atoms with Crippen molar-refractivity contribution in [2.75, 3.05) is 0 Å². The standard InChI is InChI=1S/C10H20O/c1-3-4-5-7-10(11)8-6-9(10)2/h9,11H,3-8H2,1-2H3. The van der Waals surface area contributed by atoms with Crippen molar-refractivity contribution in [3.63, 3.8) is 0 Å². The third kappa shape index (κ3) is 1.96. The zero-order valence-electron chi connectivity index (χ0n) is 7.77. The normalized spacial score (nSPS) is 36.8. The molecule has 0 aliphatic heterocycles. The highest BCUT2D eigenvalue weighted by Crippen LogP contribution is 2.41. The summed E-state index contributed by atoms with van der Waals surface area (Å²) in [6.45, 7) is 4.36. The van der Waals surface area contributed by atoms with Crippen LogP contribution in [0.2, 0.25) is 0 Å². The summed E-state index contributed by atoms with van der Waals surface area (Å²) in [6.07, 6.45) is 7.03. The van der Waals surface area contributed by atoms with Crippen molar-refractivity contribution >= 4 is 0 Å². The van der Waals surface area contributed by atoms with E-state index in [9.17, 15) is 5.11 Å². The lowest BCUT2D eigenvalue weighted by molar-refractivity contribution is -0.0933. The van der Waals surface area contributed by atoms with Gasteiger partial charge in [0, 0.05) is 0 Å². The third-order valence-corrected chi connectivity index (χ3v) is 3.14. The van der Waals surface area contributed by atoms with Gasteiger partial charge in [-0.2, -0.15) is 0 Å². The average molecular weight is 156 g/mol. The Hall–Kier alpha value is -0.0400. The van der Waals surface area contributed by atoms with E-state index in [1.165, 1.54) is 25.7 Å². The molecule has 1 aliphatic carbocycles. The molecule has 0 aromatic heterocycles. The minimum Gasteiger partial charge on any atom is -0.390 e. The van der Waals surface area contributed by atoms with Gasteiger partial charge in [-0.3, -0.25) is 0 Å². The molecule has 0 bridgehead atoms. The van der Waals surface area contributed by atoms with Crippen LogP contribution in [0.3, 0.4) is 0 Å². The molecule has 2 unspecified atom stereocenters. The smallest absolute Gasteiger partial charge is 0.0673 e. The first kappa shape index (κ1) is 9.05. The first-order valence-corrected chi connectivity index (χ1v) is 4.91. The summed E-state index contributed by atoms with van der Waals surface area (Å²) in [4.78, 5) is 0. The van der Waals surface area contributed by atoms with Crippen LogP contribution in [0.4, 0.5) is 0 Å². The minimum atomic E-state index is -0.269. The molecule has 0 amide bonds. The van der Waals surface area contributed by atoms with E-state index in [0.29, 0.717) is 5.92 Å². The lowest BCUT2D eigenvalue weighted by atomic mass is 9.68. The number of hydrogen-bond donors (Lipinski definition) is 1. The molecule has 11 heavy (non-hydrogen) atoms. The lowest BCUT2D eigenvalue weighted by Gasteiger charge is -2.43. The van der Waals surface area contributed by atoms with Gasteiger partial charge in [0.2, 0.25) is 0 Å². The van der Waals surface area contributed by atoms with Crippen LogP contribution in [0.5, 0.6) is 0 Å². The highest BCUT2D eigenvalue weighted by atomic mass is 16.3. The van der Waals surface area contributed by atoms with Crippen LogP contribution in [0.15, 0.2) is 0 Å². The third-order valence-electron chi connectivity index (χ3n) is 3.14. The van der Waals surface area contributed by atoms with Crippen molar-refractivity contribution in [3.05, 3.63) is 0 Å². The molecule has 0 heterocycles. The Morgan fingerprint density at radius 1 is 1.45 bits per heavy atom. The van der Waals surface area contributed by atoms with E-state index in [4.69, 9.17) is 0 Å². The number of hydrogen-bond acceptors (Lipinski definition) is 1. The second-order valence-corrected chi connectivity index (χ2v) is 4.00. The molecule has 1 saturated carbocycles. The molecule has 0 spiro atoms. The van der Waals surface area contributed by atoms with E-state index in [-0.39, 0.29) is 5.60 Å². The lowest BCUT2D eigenvalue weighted by Crippen LogP contribution is -2.45. The van der Waals surface area contributed by atoms with Gasteiger partial charge in [-0.05, 0) is 25.2 Å². The first-order valence-electron chi connectivity index (χ1n) is 4.91. The molecule has 1 aliphatic rings. The summed E-state index contributed by atoms with van der Waals surface area (Å²) in [5.74, 6) is 0.555. The van der Waals surface area contributed by atoms with Gasteiger partial charge in [0.05, 0.1) is 5.60 Å². The van der Waals surface area contributed by atoms with E-state index < -0.39 is 0 Å². The van der Waals surface area contributed by atoms with Crippen molar-refractivity contribution < 1.29 is 5.11 Å². The summed E-state index contributed by atoms with van der Waals surface area (Å²) in [5, 5.41) is 9.91. The SMILES string of the molecule is CCCCCC1(O)CCC1C. The summed E-state index contributed by atoms with van der Waals surface area (Å²) in [6, 6.07) is 0. The fourth-order valence-electron chi connectivity index (χ4n) is 1.82. The maximum absolute atomic E-state index is 9.91. The van der Waals surface area contributed by atoms with Gasteiger partial charge in [0.1, 0.15) is 0 Å². The van der Waals surface area contributed by atoms with E-state index in [2.05, 4.69) is 13.8 Å². The molecule has 1 N–H and O–H groups in total. The monoisotopic (exact) mass is 156 g/mol. The Labute approximate surface area is 69.8 Å². The summed E-state index contributed by atoms with van der Waals surface area (Å²) >= 11 is 0. The Bertz CT molecular complexity index is 122. The first-order chi connectivity index (χ1) is 5.19. The minimum absolute atomic E-state index is 0.269. The Kier molecular flexibility index (Phi) is 2.94. The second kappa shape index (κ2) is 3.57. The zero-order chi connectivity index (χ0) is 8.32. The van der Waals surface area contributed by atoms with Gasteiger partial charge in [-0.1, -0.05) is 33.1 Å². The van der Waals surface area contributed by atoms with Crippen LogP contribution in [0, 0.1) is 5.92 Å². The van der Waals surface area contributed by atoms with Gasteiger partial charge in [0.15, 0.2) is 0 Å². The molecular formula is C10H20O. The van der Waals surface area contributed by atoms with Crippen LogP contribution >= 0.6 is 0 Å². The highest BCUT2D eigenvalue weighted by Gasteiger charge is 2.40. The van der Waals surface area contributed by atoms with E-state index >= 15 is 0 Å². The predicted molar refractivity (Wildman–Crippen MR) is 47.5 cm³/mol. The topological polar surface area (TPSA) is 20.2 Å². The predicted octanol–water partition coefficient (Wildman–Crippen LogP) is 2.73. The van der Waals surface area contributed by atoms with Crippen molar-refractivity contribution in [1.82, 2.24) is 0 Å². The molecule has 1 nitrogen and oxygen atoms in total. The molecule has 1 fully saturated rings. The zero-order valence-corrected chi connectivity index (χ0v) is 7.77. The van der Waals surface area contributed by atoms with E-state index in [1.807, 2.05) is 0 Å². The molecule has 0 aromatic rings. The maximum Gasteiger partial charge on any atom is 0.0673 e. The van der Waals surface area contributed by atoms with Crippen molar-refractivity contribution in [2.45, 2.75) is 58.0 Å². The number of unbranched alkanes of at least 4 members (excludes halogenated alkanes) is 2. The second-order valence-electron chi connectivity index (χ2n) is 4.00. The molecular weight excluding hydrogens is 136 g/mol. The Balaban J connectivity index is 2.14. The molecule has 0 radical (unpaired) electrons. The van der Waals surface area contributed by atoms with Gasteiger partial charge in [-0.25, -0.2) is 0 Å². The fraction of sp³-hybridized carbons (Fsp3) is 1.00. The van der Waals surface area contributed by atoms with Gasteiger partial charge in [-0.15, -0.1) is 0 Å². The van der Waals surface area contributed by atoms with Gasteiger partial charge in [0.25, 0.3) is 0 Å². The summed E-state index contributed by atoms with van der Waals surface area (Å²) in [5.41, 5.74) is -0.269. The Morgan fingerprint density at radius 3 is 2.55 bits per heavy atom. The van der Waals surface area contributed by atoms with E-state index in [0.717, 1.165) is 12.8 Å². The van der Waals surface area contributed by atoms with Crippen LogP contribution in [-0.4, -0.2) is 10.7 Å². The largest absolute Gasteiger partial charge is 0.390 e. The number of aliphatic hydroxyl groups is 1. The van der Waals surface area contributed by atoms with E-state index in [1.54, 1.807) is 0 Å². The Morgan fingerprint density at radius 2 is 2.18 bits per heavy atom. The maximum atomic E-state index is 9.91. The summed E-state index contributed by atoms with van der Waals surface area (Å²) in [7, 11) is 0. The van der Waals surface area contributed by atoms with Crippen molar-refractivity contribution in [2.24, 2.45) is 5.92 Å². The van der Waals surface area contributed by atoms with Crippen LogP contribution in [0.25, 0.3) is 0 Å². The highest BCUT2D eigenvalue weighted by molar-refractivity contribution is 4.93. The van der Waals surface area contributed by atoms with Gasteiger partial charge >= 0.3 is 0 Å². The number of rotatable bonds is 4. The molecule has 0 saturated heterocycles. The molecule has 0 aromatic carbocycles. The average Bonchev–Trinajstić information content (AvgIpc) is 2.02.